The number of nitrogens with zero attached hydrogens (tertiary/aromatic N) is 1. The number of carbonyl (C=O) groups excluding carboxylic acids is 1. The first-order chi connectivity index (χ1) is 8.21. The number of pyridine rings is 1. The molecular weight excluding hydrogens is 232 g/mol. The van der Waals surface area contributed by atoms with Crippen molar-refractivity contribution < 1.29 is 14.7 Å². The van der Waals surface area contributed by atoms with Gasteiger partial charge in [-0.25, -0.2) is 4.79 Å². The van der Waals surface area contributed by atoms with Gasteiger partial charge in [-0.2, -0.15) is 0 Å². The third-order valence-corrected chi connectivity index (χ3v) is 2.56. The number of aromatic nitrogens is 1. The Bertz CT molecular complexity index is 446. The lowest BCUT2D eigenvalue weighted by Crippen LogP contribution is -2.49. The number of aryl methyl sites for hydroxylation is 1. The van der Waals surface area contributed by atoms with Crippen LogP contribution in [0, 0.1) is 12.3 Å². The lowest BCUT2D eigenvalue weighted by Gasteiger charge is -2.27. The molecule has 1 amide bonds. The molecule has 1 aromatic heterocycles. The summed E-state index contributed by atoms with van der Waals surface area (Å²) in [5.41, 5.74) is 0.604. The second-order valence-corrected chi connectivity index (χ2v) is 5.30. The van der Waals surface area contributed by atoms with Crippen LogP contribution in [0.2, 0.25) is 0 Å². The van der Waals surface area contributed by atoms with Gasteiger partial charge in [0.1, 0.15) is 6.04 Å². The average Bonchev–Trinajstić information content (AvgIpc) is 2.24. The lowest BCUT2D eigenvalue weighted by atomic mass is 9.86. The summed E-state index contributed by atoms with van der Waals surface area (Å²) in [6.45, 7) is 7.11. The fourth-order valence-corrected chi connectivity index (χ4v) is 1.47. The van der Waals surface area contributed by atoms with Crippen molar-refractivity contribution in [2.24, 2.45) is 5.41 Å². The molecule has 2 N–H and O–H groups in total. The van der Waals surface area contributed by atoms with E-state index in [4.69, 9.17) is 5.11 Å². The van der Waals surface area contributed by atoms with Crippen LogP contribution in [0.5, 0.6) is 0 Å². The average molecular weight is 250 g/mol. The molecule has 1 heterocycles. The highest BCUT2D eigenvalue weighted by atomic mass is 16.4. The van der Waals surface area contributed by atoms with E-state index in [2.05, 4.69) is 10.3 Å². The number of carbonyl (C=O) groups is 2. The molecule has 98 valence electrons. The Morgan fingerprint density at radius 1 is 1.33 bits per heavy atom. The van der Waals surface area contributed by atoms with Gasteiger partial charge in [-0.15, -0.1) is 0 Å². The third-order valence-electron chi connectivity index (χ3n) is 2.56. The van der Waals surface area contributed by atoms with Crippen LogP contribution in [0.25, 0.3) is 0 Å². The molecule has 1 atom stereocenters. The maximum atomic E-state index is 11.9. The summed E-state index contributed by atoms with van der Waals surface area (Å²) in [4.78, 5) is 27.0. The SMILES string of the molecule is Cc1ccc(C(=O)NC(C(=O)O)C(C)(C)C)cn1. The second-order valence-electron chi connectivity index (χ2n) is 5.30. The fourth-order valence-electron chi connectivity index (χ4n) is 1.47. The summed E-state index contributed by atoms with van der Waals surface area (Å²) in [6.07, 6.45) is 1.44. The summed E-state index contributed by atoms with van der Waals surface area (Å²) >= 11 is 0. The predicted molar refractivity (Wildman–Crippen MR) is 67.3 cm³/mol. The minimum absolute atomic E-state index is 0.358. The van der Waals surface area contributed by atoms with Crippen LogP contribution >= 0.6 is 0 Å². The topological polar surface area (TPSA) is 79.3 Å². The highest BCUT2D eigenvalue weighted by Gasteiger charge is 2.32. The van der Waals surface area contributed by atoms with Gasteiger partial charge in [0.25, 0.3) is 5.91 Å². The van der Waals surface area contributed by atoms with Gasteiger partial charge in [0.15, 0.2) is 0 Å². The first kappa shape index (κ1) is 14.2. The smallest absolute Gasteiger partial charge is 0.326 e. The van der Waals surface area contributed by atoms with Crippen LogP contribution in [-0.4, -0.2) is 28.0 Å². The molecule has 18 heavy (non-hydrogen) atoms. The van der Waals surface area contributed by atoms with E-state index in [9.17, 15) is 9.59 Å². The van der Waals surface area contributed by atoms with E-state index in [1.165, 1.54) is 6.20 Å². The molecule has 0 saturated carbocycles. The molecule has 0 aliphatic heterocycles. The van der Waals surface area contributed by atoms with E-state index in [-0.39, 0.29) is 0 Å². The highest BCUT2D eigenvalue weighted by molar-refractivity contribution is 5.96. The second kappa shape index (κ2) is 5.16. The highest BCUT2D eigenvalue weighted by Crippen LogP contribution is 2.19. The largest absolute Gasteiger partial charge is 0.480 e. The van der Waals surface area contributed by atoms with Crippen molar-refractivity contribution in [1.29, 1.82) is 0 Å². The maximum Gasteiger partial charge on any atom is 0.326 e. The number of nitrogens with one attached hydrogen (secondary N) is 1. The van der Waals surface area contributed by atoms with Crippen molar-refractivity contribution in [3.05, 3.63) is 29.6 Å². The number of aliphatic carboxylic acids is 1. The zero-order valence-corrected chi connectivity index (χ0v) is 11.0. The molecule has 0 saturated heterocycles. The number of hydrogen-bond donors (Lipinski definition) is 2. The predicted octanol–water partition coefficient (Wildman–Crippen LogP) is 1.62. The van der Waals surface area contributed by atoms with E-state index in [0.717, 1.165) is 5.69 Å². The van der Waals surface area contributed by atoms with Crippen molar-refractivity contribution in [3.63, 3.8) is 0 Å². The van der Waals surface area contributed by atoms with E-state index in [1.807, 2.05) is 6.92 Å². The van der Waals surface area contributed by atoms with Gasteiger partial charge >= 0.3 is 5.97 Å². The van der Waals surface area contributed by atoms with Gasteiger partial charge < -0.3 is 10.4 Å². The van der Waals surface area contributed by atoms with Gasteiger partial charge in [-0.1, -0.05) is 20.8 Å². The van der Waals surface area contributed by atoms with E-state index < -0.39 is 23.3 Å². The number of carboxylic acid groups (broad SMARTS) is 1. The Kier molecular flexibility index (Phi) is 4.06. The van der Waals surface area contributed by atoms with Gasteiger partial charge in [-0.05, 0) is 24.5 Å². The summed E-state index contributed by atoms with van der Waals surface area (Å²) < 4.78 is 0. The van der Waals surface area contributed by atoms with E-state index in [0.29, 0.717) is 5.56 Å². The Morgan fingerprint density at radius 3 is 2.33 bits per heavy atom. The summed E-state index contributed by atoms with van der Waals surface area (Å²) in [6, 6.07) is 2.40. The maximum absolute atomic E-state index is 11.9. The van der Waals surface area contributed by atoms with Crippen molar-refractivity contribution in [2.45, 2.75) is 33.7 Å². The molecular formula is C13H18N2O3. The molecule has 1 rings (SSSR count). The van der Waals surface area contributed by atoms with Crippen LogP contribution in [0.4, 0.5) is 0 Å². The quantitative estimate of drug-likeness (QED) is 0.854. The molecule has 0 fully saturated rings. The Hall–Kier alpha value is -1.91. The standard InChI is InChI=1S/C13H18N2O3/c1-8-5-6-9(7-14-8)11(16)15-10(12(17)18)13(2,3)4/h5-7,10H,1-4H3,(H,15,16)(H,17,18). The van der Waals surface area contributed by atoms with Crippen molar-refractivity contribution in [3.8, 4) is 0 Å². The number of carboxylic acids is 1. The van der Waals surface area contributed by atoms with Crippen LogP contribution in [0.3, 0.4) is 0 Å². The van der Waals surface area contributed by atoms with Crippen molar-refractivity contribution in [1.82, 2.24) is 10.3 Å². The molecule has 0 bridgehead atoms. The normalized spacial score (nSPS) is 12.9. The minimum Gasteiger partial charge on any atom is -0.480 e. The minimum atomic E-state index is -1.05. The van der Waals surface area contributed by atoms with Crippen LogP contribution in [-0.2, 0) is 4.79 Å². The summed E-state index contributed by atoms with van der Waals surface area (Å²) in [7, 11) is 0. The van der Waals surface area contributed by atoms with Crippen LogP contribution in [0.15, 0.2) is 18.3 Å². The monoisotopic (exact) mass is 250 g/mol. The van der Waals surface area contributed by atoms with Gasteiger partial charge in [-0.3, -0.25) is 9.78 Å². The molecule has 0 aromatic carbocycles. The first-order valence-corrected chi connectivity index (χ1v) is 5.68. The van der Waals surface area contributed by atoms with Gasteiger partial charge in [0.2, 0.25) is 0 Å². The lowest BCUT2D eigenvalue weighted by molar-refractivity contribution is -0.142. The fraction of sp³-hybridized carbons (Fsp3) is 0.462. The number of rotatable bonds is 3. The molecule has 1 aromatic rings. The number of amides is 1. The van der Waals surface area contributed by atoms with Crippen LogP contribution in [0.1, 0.15) is 36.8 Å². The summed E-state index contributed by atoms with van der Waals surface area (Å²) in [5, 5.41) is 11.6. The summed E-state index contributed by atoms with van der Waals surface area (Å²) in [5.74, 6) is -1.47. The van der Waals surface area contributed by atoms with Crippen molar-refractivity contribution >= 4 is 11.9 Å². The molecule has 5 nitrogen and oxygen atoms in total. The van der Waals surface area contributed by atoms with E-state index in [1.54, 1.807) is 32.9 Å². The zero-order valence-electron chi connectivity index (χ0n) is 11.0. The third kappa shape index (κ3) is 3.55. The molecule has 0 aliphatic carbocycles. The molecule has 0 aliphatic rings. The molecule has 0 spiro atoms. The van der Waals surface area contributed by atoms with Crippen LogP contribution < -0.4 is 5.32 Å². The molecule has 1 unspecified atom stereocenters. The van der Waals surface area contributed by atoms with E-state index >= 15 is 0 Å². The van der Waals surface area contributed by atoms with Gasteiger partial charge in [0, 0.05) is 11.9 Å². The van der Waals surface area contributed by atoms with Crippen molar-refractivity contribution in [2.75, 3.05) is 0 Å². The zero-order chi connectivity index (χ0) is 13.9. The van der Waals surface area contributed by atoms with Gasteiger partial charge in [0.05, 0.1) is 5.56 Å². The number of hydrogen-bond acceptors (Lipinski definition) is 3. The Labute approximate surface area is 106 Å². The first-order valence-electron chi connectivity index (χ1n) is 5.68. The molecule has 0 radical (unpaired) electrons. The Balaban J connectivity index is 2.86. The Morgan fingerprint density at radius 2 is 1.94 bits per heavy atom. The molecule has 5 heteroatoms.